The standard InChI is InChI=1S/C103H74N4SSe2/c1-102(2,3)68-56-79(62-29-11-7-12-30-62)98(80(57-68)63-31-13-8-14-32-63)106-86-60-70(104-84-42-24-19-38-73(84)95-77-40-22-27-45-92(77)109-100(95)104)48-50-75(86)94-76-51-49-71(105-85-43-25-20-39-74(85)96-78-41-23-28-46-93(78)110-101(96)105)61-87(76)107(89-55-67(54-88(106)97(89)94)66-47-52-91-83(53-66)72-37-21-26-44-90(72)108-91)99-81(64-33-15-9-16-34-64)58-69(103(4,5)6)59-82(99)65-35-17-10-18-36-65/h7-61,94H,1-6H3/i19D,20D,22D,23D,24D,25D,27D,28D,38D,39D,40D,41D,42D,43D,45D,46D,48D,49D,50D,51D,60D,61D. The molecule has 0 atom stereocenters. The van der Waals surface area contributed by atoms with E-state index in [-0.39, 0.29) is 107 Å². The van der Waals surface area contributed by atoms with Crippen LogP contribution < -0.4 is 9.80 Å². The third kappa shape index (κ3) is 10.1. The summed E-state index contributed by atoms with van der Waals surface area (Å²) in [5.41, 5.74) is 7.66. The molecular weight excluding hydrogens is 1480 g/mol. The fourth-order valence-corrected chi connectivity index (χ4v) is 22.4. The summed E-state index contributed by atoms with van der Waals surface area (Å²) in [4.78, 5) is 3.96. The summed E-state index contributed by atoms with van der Waals surface area (Å²) in [7, 11) is 0. The van der Waals surface area contributed by atoms with Crippen molar-refractivity contribution in [3.8, 4) is 67.0 Å². The Morgan fingerprint density at radius 1 is 0.336 bits per heavy atom. The van der Waals surface area contributed by atoms with Crippen LogP contribution in [0.3, 0.4) is 0 Å². The molecule has 7 heterocycles. The first-order valence-corrected chi connectivity index (χ1v) is 40.7. The van der Waals surface area contributed by atoms with Crippen molar-refractivity contribution in [3.63, 3.8) is 0 Å². The van der Waals surface area contributed by atoms with Gasteiger partial charge in [-0.1, -0.05) is 18.2 Å². The Kier molecular flexibility index (Phi) is 10.5. The van der Waals surface area contributed by atoms with Gasteiger partial charge in [-0.15, -0.1) is 11.3 Å². The first-order chi connectivity index (χ1) is 63.0. The molecule has 22 rings (SSSR count). The van der Waals surface area contributed by atoms with E-state index in [1.54, 1.807) is 11.3 Å². The van der Waals surface area contributed by atoms with Gasteiger partial charge in [0, 0.05) is 14.8 Å². The Morgan fingerprint density at radius 3 is 1.16 bits per heavy atom. The normalized spacial score (nSPS) is 15.9. The van der Waals surface area contributed by atoms with Crippen molar-refractivity contribution in [2.24, 2.45) is 0 Å². The van der Waals surface area contributed by atoms with Gasteiger partial charge in [-0.05, 0) is 6.07 Å². The van der Waals surface area contributed by atoms with E-state index < -0.39 is 167 Å². The molecule has 5 aromatic heterocycles. The van der Waals surface area contributed by atoms with Crippen LogP contribution in [-0.4, -0.2) is 38.1 Å². The van der Waals surface area contributed by atoms with Crippen molar-refractivity contribution in [3.05, 3.63) is 361 Å². The zero-order valence-corrected chi connectivity index (χ0v) is 64.4. The number of hydrogen-bond acceptors (Lipinski definition) is 3. The molecule has 0 aliphatic carbocycles. The van der Waals surface area contributed by atoms with Crippen LogP contribution in [0.25, 0.3) is 148 Å². The van der Waals surface area contributed by atoms with Gasteiger partial charge < -0.3 is 0 Å². The third-order valence-electron chi connectivity index (χ3n) is 21.8. The van der Waals surface area contributed by atoms with Gasteiger partial charge in [0.2, 0.25) is 0 Å². The fourth-order valence-electron chi connectivity index (χ4n) is 16.6. The van der Waals surface area contributed by atoms with Crippen molar-refractivity contribution in [2.45, 2.75) is 58.3 Å². The molecule has 0 amide bonds. The molecule has 4 nitrogen and oxygen atoms in total. The number of benzene rings is 15. The molecule has 15 aromatic carbocycles. The average Bonchev–Trinajstić information content (AvgIpc) is 0.674. The summed E-state index contributed by atoms with van der Waals surface area (Å²) >= 11 is -0.832. The van der Waals surface area contributed by atoms with Gasteiger partial charge >= 0.3 is 640 Å². The molecule has 110 heavy (non-hydrogen) atoms. The maximum atomic E-state index is 12.1. The van der Waals surface area contributed by atoms with E-state index in [1.165, 1.54) is 9.13 Å². The Morgan fingerprint density at radius 2 is 0.727 bits per heavy atom. The third-order valence-corrected chi connectivity index (χ3v) is 27.5. The van der Waals surface area contributed by atoms with E-state index in [0.29, 0.717) is 83.9 Å². The number of anilines is 6. The maximum absolute atomic E-state index is 12.1. The number of thiophene rings is 1. The quantitative estimate of drug-likeness (QED) is 0.134. The second-order valence-electron chi connectivity index (χ2n) is 30.2. The topological polar surface area (TPSA) is 16.3 Å². The van der Waals surface area contributed by atoms with Crippen molar-refractivity contribution < 1.29 is 30.2 Å². The minimum atomic E-state index is -1.61. The number of nitrogens with zero attached hydrogens (tertiary/aromatic N) is 4. The van der Waals surface area contributed by atoms with Gasteiger partial charge in [0.05, 0.1) is 0 Å². The summed E-state index contributed by atoms with van der Waals surface area (Å²) in [6.45, 7) is 12.7. The van der Waals surface area contributed by atoms with Gasteiger partial charge in [0.1, 0.15) is 0 Å². The van der Waals surface area contributed by atoms with Crippen LogP contribution in [0.5, 0.6) is 0 Å². The van der Waals surface area contributed by atoms with Gasteiger partial charge in [-0.3, -0.25) is 0 Å². The minimum absolute atomic E-state index is 0.00724. The van der Waals surface area contributed by atoms with Crippen LogP contribution in [0, 0.1) is 0 Å². The van der Waals surface area contributed by atoms with Gasteiger partial charge in [-0.2, -0.15) is 0 Å². The zero-order chi connectivity index (χ0) is 92.6. The van der Waals surface area contributed by atoms with Crippen molar-refractivity contribution in [1.82, 2.24) is 9.13 Å². The van der Waals surface area contributed by atoms with E-state index in [2.05, 4.69) is 96.1 Å². The van der Waals surface area contributed by atoms with Crippen molar-refractivity contribution in [2.75, 3.05) is 9.80 Å². The van der Waals surface area contributed by atoms with Crippen molar-refractivity contribution in [1.29, 1.82) is 0 Å². The van der Waals surface area contributed by atoms with Crippen molar-refractivity contribution >= 4 is 155 Å². The summed E-state index contributed by atoms with van der Waals surface area (Å²) in [6.07, 6.45) is 0. The monoisotopic (exact) mass is 1580 g/mol. The summed E-state index contributed by atoms with van der Waals surface area (Å²) in [5.74, 6) is -1.61. The molecule has 0 spiro atoms. The summed E-state index contributed by atoms with van der Waals surface area (Å²) in [5, 5.41) is 1.72. The number of aromatic nitrogens is 2. The second kappa shape index (κ2) is 24.9. The van der Waals surface area contributed by atoms with Gasteiger partial charge in [0.15, 0.2) is 0 Å². The number of hydrogen-bond donors (Lipinski definition) is 0. The number of rotatable bonds is 9. The van der Waals surface area contributed by atoms with Crippen LogP contribution in [0.1, 0.15) is 105 Å². The fraction of sp³-hybridized carbons (Fsp3) is 0.0874. The molecule has 0 saturated carbocycles. The summed E-state index contributed by atoms with van der Waals surface area (Å²) < 4.78 is 228. The molecule has 0 saturated heterocycles. The van der Waals surface area contributed by atoms with Crippen LogP contribution in [0.2, 0.25) is 0 Å². The molecule has 524 valence electrons. The van der Waals surface area contributed by atoms with E-state index in [9.17, 15) is 24.7 Å². The summed E-state index contributed by atoms with van der Waals surface area (Å²) in [6, 6.07) is 53.8. The zero-order valence-electron chi connectivity index (χ0n) is 82.1. The van der Waals surface area contributed by atoms with Gasteiger partial charge in [-0.25, -0.2) is 0 Å². The Labute approximate surface area is 686 Å². The molecule has 2 aliphatic heterocycles. The molecular formula is C103H74N4SSe2. The molecule has 0 bridgehead atoms. The Bertz CT molecular complexity index is 8030. The van der Waals surface area contributed by atoms with E-state index in [1.807, 2.05) is 155 Å². The Balaban J connectivity index is 1.01. The van der Waals surface area contributed by atoms with Crippen LogP contribution in [0.4, 0.5) is 34.1 Å². The Hall–Kier alpha value is -11.8. The predicted molar refractivity (Wildman–Crippen MR) is 472 cm³/mol. The molecule has 0 fully saturated rings. The number of para-hydroxylation sites is 2. The number of fused-ring (bicyclic) bond motifs is 17. The molecule has 2 aliphatic rings. The predicted octanol–water partition coefficient (Wildman–Crippen LogP) is 28.3. The first kappa shape index (κ1) is 46.6. The molecule has 0 unspecified atom stereocenters. The SMILES string of the molecule is [2H]c1c([2H])c(-n2c3[se]c4c([2H])c([2H])c([2H])c([2H])c4c3c3c([2H])c([2H])c([2H])c([2H])c32)c([2H])c2c1C1c3c(cc(-c4ccc5sc6ccccc6c5c4)cc3N(c3c(-c4ccccc4)cc(C(C)(C)C)cc3-c3ccccc3)c3c([2H])c(-n4c5[se]c6c([2H])c([2H])c([2H])c([2H])c6c5c5c([2H])c([2H])c([2H])c([2H])c54)c([2H])c([2H])c31)N2c1c(-c2ccccc2)cc(C(C)(C)C)cc1-c1ccccc1. The molecule has 7 heteroatoms. The first-order valence-electron chi connectivity index (χ1n) is 47.4. The van der Waals surface area contributed by atoms with Gasteiger partial charge in [0.25, 0.3) is 0 Å². The van der Waals surface area contributed by atoms with E-state index >= 15 is 0 Å². The molecule has 20 aromatic rings. The van der Waals surface area contributed by atoms with E-state index in [0.717, 1.165) is 31.3 Å². The van der Waals surface area contributed by atoms with E-state index in [4.69, 9.17) is 5.48 Å². The van der Waals surface area contributed by atoms with Crippen LogP contribution in [-0.2, 0) is 10.8 Å². The average molecular weight is 1580 g/mol. The molecule has 0 N–H and O–H groups in total. The molecule has 0 radical (unpaired) electrons. The van der Waals surface area contributed by atoms with Crippen LogP contribution >= 0.6 is 11.3 Å². The van der Waals surface area contributed by atoms with Crippen LogP contribution in [0.15, 0.2) is 333 Å². The second-order valence-corrected chi connectivity index (χ2v) is 35.5.